The largest absolute Gasteiger partial charge is 0.319 e. The zero-order valence-corrected chi connectivity index (χ0v) is 18.0. The highest BCUT2D eigenvalue weighted by Gasteiger charge is 2.24. The van der Waals surface area contributed by atoms with Crippen molar-refractivity contribution in [1.29, 1.82) is 0 Å². The molecule has 0 fully saturated rings. The fourth-order valence-corrected chi connectivity index (χ4v) is 3.70. The second-order valence-corrected chi connectivity index (χ2v) is 8.31. The molecule has 2 rings (SSSR count). The fourth-order valence-electron chi connectivity index (χ4n) is 3.70. The highest BCUT2D eigenvalue weighted by molar-refractivity contribution is 6.21. The van der Waals surface area contributed by atoms with Gasteiger partial charge in [0.15, 0.2) is 5.78 Å². The number of fused-ring (bicyclic) bond motifs is 2. The van der Waals surface area contributed by atoms with Gasteiger partial charge in [0.2, 0.25) is 11.7 Å². The van der Waals surface area contributed by atoms with E-state index in [-0.39, 0.29) is 17.3 Å². The summed E-state index contributed by atoms with van der Waals surface area (Å²) in [5, 5.41) is 2.58. The Morgan fingerprint density at radius 2 is 1.72 bits per heavy atom. The zero-order chi connectivity index (χ0) is 21.4. The molecule has 1 amide bonds. The van der Waals surface area contributed by atoms with Crippen LogP contribution in [0.3, 0.4) is 0 Å². The first-order chi connectivity index (χ1) is 13.7. The molecule has 2 atom stereocenters. The molecule has 2 bridgehead atoms. The smallest absolute Gasteiger partial charge is 0.248 e. The van der Waals surface area contributed by atoms with Crippen molar-refractivity contribution in [3.8, 4) is 0 Å². The SMILES string of the molecule is C/C1=C/C(C)CCCC(C)CC2=CC(=O)C=C(NC(=O)/C=C(C)\C=C/C[CH]1)C2=O. The summed E-state index contributed by atoms with van der Waals surface area (Å²) in [4.78, 5) is 37.0. The summed E-state index contributed by atoms with van der Waals surface area (Å²) in [6, 6.07) is 0. The molecule has 4 heteroatoms. The van der Waals surface area contributed by atoms with Gasteiger partial charge in [-0.15, -0.1) is 0 Å². The van der Waals surface area contributed by atoms with Crippen molar-refractivity contribution in [2.45, 2.75) is 59.8 Å². The second-order valence-electron chi connectivity index (χ2n) is 8.31. The molecular weight excluding hydrogens is 362 g/mol. The number of hydrogen-bond donors (Lipinski definition) is 1. The molecule has 0 saturated heterocycles. The summed E-state index contributed by atoms with van der Waals surface area (Å²) in [5.41, 5.74) is 2.60. The highest BCUT2D eigenvalue weighted by atomic mass is 16.2. The Morgan fingerprint density at radius 1 is 0.966 bits per heavy atom. The summed E-state index contributed by atoms with van der Waals surface area (Å²) in [7, 11) is 0. The number of carbonyl (C=O) groups excluding carboxylic acids is 3. The summed E-state index contributed by atoms with van der Waals surface area (Å²) >= 11 is 0. The van der Waals surface area contributed by atoms with Gasteiger partial charge in [0.1, 0.15) is 0 Å². The Kier molecular flexibility index (Phi) is 8.56. The van der Waals surface area contributed by atoms with E-state index in [1.807, 2.05) is 19.1 Å². The number of amides is 1. The molecule has 0 aromatic carbocycles. The molecule has 1 heterocycles. The Balaban J connectivity index is 2.21. The summed E-state index contributed by atoms with van der Waals surface area (Å²) in [5.74, 6) is -0.116. The molecule has 1 aliphatic heterocycles. The average molecular weight is 395 g/mol. The Hall–Kier alpha value is -2.49. The molecular formula is C25H32NO3. The number of hydrogen-bond acceptors (Lipinski definition) is 3. The van der Waals surface area contributed by atoms with Crippen LogP contribution in [-0.2, 0) is 14.4 Å². The van der Waals surface area contributed by atoms with Crippen LogP contribution in [-0.4, -0.2) is 17.5 Å². The van der Waals surface area contributed by atoms with Crippen molar-refractivity contribution in [2.24, 2.45) is 11.8 Å². The van der Waals surface area contributed by atoms with Crippen molar-refractivity contribution in [1.82, 2.24) is 5.32 Å². The van der Waals surface area contributed by atoms with E-state index >= 15 is 0 Å². The van der Waals surface area contributed by atoms with E-state index in [4.69, 9.17) is 0 Å². The molecule has 1 aliphatic carbocycles. The number of carbonyl (C=O) groups is 3. The summed E-state index contributed by atoms with van der Waals surface area (Å²) in [6.07, 6.45) is 16.9. The lowest BCUT2D eigenvalue weighted by Gasteiger charge is -2.18. The van der Waals surface area contributed by atoms with Gasteiger partial charge in [0, 0.05) is 17.7 Å². The van der Waals surface area contributed by atoms with E-state index in [2.05, 4.69) is 38.6 Å². The number of nitrogens with one attached hydrogen (secondary N) is 1. The van der Waals surface area contributed by atoms with E-state index in [9.17, 15) is 14.4 Å². The monoisotopic (exact) mass is 394 g/mol. The molecule has 1 radical (unpaired) electrons. The van der Waals surface area contributed by atoms with Gasteiger partial charge in [-0.1, -0.05) is 50.5 Å². The van der Waals surface area contributed by atoms with Crippen molar-refractivity contribution in [3.05, 3.63) is 65.3 Å². The number of ketones is 2. The molecule has 1 N–H and O–H groups in total. The van der Waals surface area contributed by atoms with Crippen LogP contribution < -0.4 is 5.32 Å². The lowest BCUT2D eigenvalue weighted by Crippen LogP contribution is -2.30. The van der Waals surface area contributed by atoms with Gasteiger partial charge in [-0.3, -0.25) is 14.4 Å². The summed E-state index contributed by atoms with van der Waals surface area (Å²) < 4.78 is 0. The summed E-state index contributed by atoms with van der Waals surface area (Å²) in [6.45, 7) is 8.29. The maximum Gasteiger partial charge on any atom is 0.248 e. The number of rotatable bonds is 0. The van der Waals surface area contributed by atoms with Crippen LogP contribution >= 0.6 is 0 Å². The molecule has 4 nitrogen and oxygen atoms in total. The minimum absolute atomic E-state index is 0.0671. The molecule has 0 aromatic rings. The Morgan fingerprint density at radius 3 is 2.48 bits per heavy atom. The van der Waals surface area contributed by atoms with Gasteiger partial charge in [-0.2, -0.15) is 0 Å². The molecule has 155 valence electrons. The van der Waals surface area contributed by atoms with Crippen molar-refractivity contribution in [3.63, 3.8) is 0 Å². The predicted octanol–water partition coefficient (Wildman–Crippen LogP) is 4.95. The first-order valence-electron chi connectivity index (χ1n) is 10.4. The first kappa shape index (κ1) is 22.8. The second kappa shape index (κ2) is 10.9. The lowest BCUT2D eigenvalue weighted by atomic mass is 9.88. The molecule has 0 aromatic heterocycles. The predicted molar refractivity (Wildman–Crippen MR) is 117 cm³/mol. The molecule has 0 saturated carbocycles. The number of allylic oxidation sites excluding steroid dienone is 8. The first-order valence-corrected chi connectivity index (χ1v) is 10.4. The van der Waals surface area contributed by atoms with E-state index < -0.39 is 5.91 Å². The van der Waals surface area contributed by atoms with Crippen LogP contribution in [0, 0.1) is 18.3 Å². The normalized spacial score (nSPS) is 30.3. The van der Waals surface area contributed by atoms with E-state index in [0.29, 0.717) is 23.8 Å². The molecule has 29 heavy (non-hydrogen) atoms. The third-order valence-electron chi connectivity index (χ3n) is 5.18. The zero-order valence-electron chi connectivity index (χ0n) is 18.0. The van der Waals surface area contributed by atoms with E-state index in [1.165, 1.54) is 23.8 Å². The maximum absolute atomic E-state index is 12.7. The molecule has 0 spiro atoms. The Bertz CT molecular complexity index is 808. The average Bonchev–Trinajstić information content (AvgIpc) is 2.61. The van der Waals surface area contributed by atoms with Gasteiger partial charge in [0.05, 0.1) is 5.70 Å². The quantitative estimate of drug-likeness (QED) is 0.591. The van der Waals surface area contributed by atoms with Crippen LogP contribution in [0.5, 0.6) is 0 Å². The van der Waals surface area contributed by atoms with Crippen LogP contribution in [0.25, 0.3) is 0 Å². The topological polar surface area (TPSA) is 63.2 Å². The standard InChI is InChI=1S/C25H32NO3/c1-17-8-5-6-9-20(4)14-24(28)26-23-16-22(27)15-21(25(23)29)13-19(3)11-7-10-18(2)12-17/h6,8-9,12,14-16,18-19H,5,7,10-11,13H2,1-4H3,(H,26,28)/b9-6-,17-12-,20-14-. The fraction of sp³-hybridized carbons (Fsp3) is 0.440. The van der Waals surface area contributed by atoms with Crippen LogP contribution in [0.2, 0.25) is 0 Å². The van der Waals surface area contributed by atoms with Gasteiger partial charge < -0.3 is 5.32 Å². The third kappa shape index (κ3) is 7.80. The van der Waals surface area contributed by atoms with E-state index in [1.54, 1.807) is 0 Å². The van der Waals surface area contributed by atoms with Crippen molar-refractivity contribution in [2.75, 3.05) is 0 Å². The van der Waals surface area contributed by atoms with Crippen LogP contribution in [0.15, 0.2) is 58.9 Å². The molecule has 2 unspecified atom stereocenters. The minimum atomic E-state index is -0.402. The molecule has 2 aliphatic rings. The van der Waals surface area contributed by atoms with Crippen molar-refractivity contribution >= 4 is 17.5 Å². The minimum Gasteiger partial charge on any atom is -0.319 e. The number of Topliss-reactive ketones (excluding diaryl/α,β-unsaturated/α-hetero) is 1. The van der Waals surface area contributed by atoms with Gasteiger partial charge in [-0.05, 0) is 63.0 Å². The lowest BCUT2D eigenvalue weighted by molar-refractivity contribution is -0.119. The van der Waals surface area contributed by atoms with Gasteiger partial charge in [0.25, 0.3) is 0 Å². The van der Waals surface area contributed by atoms with E-state index in [0.717, 1.165) is 31.3 Å². The van der Waals surface area contributed by atoms with Gasteiger partial charge >= 0.3 is 0 Å². The third-order valence-corrected chi connectivity index (χ3v) is 5.18. The Labute approximate surface area is 174 Å². The maximum atomic E-state index is 12.7. The van der Waals surface area contributed by atoms with Crippen LogP contribution in [0.4, 0.5) is 0 Å². The highest BCUT2D eigenvalue weighted by Crippen LogP contribution is 2.24. The van der Waals surface area contributed by atoms with Gasteiger partial charge in [-0.25, -0.2) is 0 Å². The van der Waals surface area contributed by atoms with Crippen LogP contribution in [0.1, 0.15) is 59.8 Å². The van der Waals surface area contributed by atoms with Crippen molar-refractivity contribution < 1.29 is 14.4 Å².